The van der Waals surface area contributed by atoms with Gasteiger partial charge in [-0.3, -0.25) is 4.79 Å². The fourth-order valence-electron chi connectivity index (χ4n) is 3.17. The van der Waals surface area contributed by atoms with Crippen LogP contribution in [0, 0.1) is 5.92 Å². The van der Waals surface area contributed by atoms with Gasteiger partial charge in [0.1, 0.15) is 0 Å². The van der Waals surface area contributed by atoms with E-state index in [2.05, 4.69) is 6.92 Å². The van der Waals surface area contributed by atoms with Gasteiger partial charge in [-0.25, -0.2) is 4.79 Å². The van der Waals surface area contributed by atoms with Crippen molar-refractivity contribution in [1.82, 2.24) is 4.90 Å². The molecule has 0 spiro atoms. The van der Waals surface area contributed by atoms with Gasteiger partial charge in [0.2, 0.25) is 0 Å². The number of rotatable bonds is 3. The van der Waals surface area contributed by atoms with Crippen molar-refractivity contribution in [3.05, 3.63) is 35.4 Å². The molecule has 1 amide bonds. The first-order valence-corrected chi connectivity index (χ1v) is 7.50. The second-order valence-electron chi connectivity index (χ2n) is 5.78. The summed E-state index contributed by atoms with van der Waals surface area (Å²) >= 11 is 0. The molecule has 0 aliphatic heterocycles. The Kier molecular flexibility index (Phi) is 4.99. The second-order valence-corrected chi connectivity index (χ2v) is 5.78. The molecule has 0 bridgehead atoms. The Morgan fingerprint density at radius 1 is 1.14 bits per heavy atom. The van der Waals surface area contributed by atoms with Crippen LogP contribution in [0.3, 0.4) is 0 Å². The highest BCUT2D eigenvalue weighted by Crippen LogP contribution is 2.28. The molecule has 2 rings (SSSR count). The summed E-state index contributed by atoms with van der Waals surface area (Å²) in [7, 11) is 3.17. The zero-order chi connectivity index (χ0) is 15.4. The van der Waals surface area contributed by atoms with Gasteiger partial charge in [0, 0.05) is 13.1 Å². The number of amides is 1. The van der Waals surface area contributed by atoms with Crippen molar-refractivity contribution in [2.24, 2.45) is 5.92 Å². The van der Waals surface area contributed by atoms with E-state index in [1.54, 1.807) is 29.2 Å². The summed E-state index contributed by atoms with van der Waals surface area (Å²) < 4.78 is 4.76. The molecule has 0 radical (unpaired) electrons. The fraction of sp³-hybridized carbons (Fsp3) is 0.529. The standard InChI is InChI=1S/C17H23NO3/c1-12-8-4-7-11-15(12)18(2)16(19)13-9-5-6-10-14(13)17(20)21-3/h5-6,9-10,12,15H,4,7-8,11H2,1-3H3. The molecule has 2 atom stereocenters. The molecule has 0 heterocycles. The molecular weight excluding hydrogens is 266 g/mol. The average molecular weight is 289 g/mol. The van der Waals surface area contributed by atoms with Gasteiger partial charge in [-0.2, -0.15) is 0 Å². The van der Waals surface area contributed by atoms with E-state index in [9.17, 15) is 9.59 Å². The van der Waals surface area contributed by atoms with E-state index < -0.39 is 5.97 Å². The van der Waals surface area contributed by atoms with Crippen LogP contribution >= 0.6 is 0 Å². The van der Waals surface area contributed by atoms with E-state index >= 15 is 0 Å². The molecule has 0 saturated heterocycles. The van der Waals surface area contributed by atoms with Crippen LogP contribution in [0.5, 0.6) is 0 Å². The number of hydrogen-bond donors (Lipinski definition) is 0. The summed E-state index contributed by atoms with van der Waals surface area (Å²) in [4.78, 5) is 26.4. The third-order valence-corrected chi connectivity index (χ3v) is 4.45. The molecule has 1 aliphatic rings. The first kappa shape index (κ1) is 15.5. The highest BCUT2D eigenvalue weighted by Gasteiger charge is 2.30. The van der Waals surface area contributed by atoms with Gasteiger partial charge in [0.25, 0.3) is 5.91 Å². The SMILES string of the molecule is COC(=O)c1ccccc1C(=O)N(C)C1CCCCC1C. The number of nitrogens with zero attached hydrogens (tertiary/aromatic N) is 1. The van der Waals surface area contributed by atoms with Crippen molar-refractivity contribution in [3.63, 3.8) is 0 Å². The Morgan fingerprint density at radius 3 is 2.38 bits per heavy atom. The molecule has 1 aromatic rings. The molecule has 0 aromatic heterocycles. The zero-order valence-corrected chi connectivity index (χ0v) is 13.0. The van der Waals surface area contributed by atoms with Crippen molar-refractivity contribution in [3.8, 4) is 0 Å². The number of carbonyl (C=O) groups excluding carboxylic acids is 2. The topological polar surface area (TPSA) is 46.6 Å². The molecule has 114 valence electrons. The molecule has 1 aromatic carbocycles. The molecule has 1 saturated carbocycles. The van der Waals surface area contributed by atoms with E-state index in [0.717, 1.165) is 19.3 Å². The quantitative estimate of drug-likeness (QED) is 0.803. The molecule has 4 nitrogen and oxygen atoms in total. The van der Waals surface area contributed by atoms with Crippen molar-refractivity contribution >= 4 is 11.9 Å². The van der Waals surface area contributed by atoms with Crippen LogP contribution in [0.15, 0.2) is 24.3 Å². The second kappa shape index (κ2) is 6.74. The molecular formula is C17H23NO3. The van der Waals surface area contributed by atoms with Gasteiger partial charge in [-0.15, -0.1) is 0 Å². The molecule has 4 heteroatoms. The lowest BCUT2D eigenvalue weighted by molar-refractivity contribution is 0.0571. The minimum Gasteiger partial charge on any atom is -0.465 e. The molecule has 21 heavy (non-hydrogen) atoms. The monoisotopic (exact) mass is 289 g/mol. The van der Waals surface area contributed by atoms with Gasteiger partial charge < -0.3 is 9.64 Å². The smallest absolute Gasteiger partial charge is 0.338 e. The lowest BCUT2D eigenvalue weighted by Gasteiger charge is -2.36. The third-order valence-electron chi connectivity index (χ3n) is 4.45. The van der Waals surface area contributed by atoms with Crippen molar-refractivity contribution in [2.75, 3.05) is 14.2 Å². The summed E-state index contributed by atoms with van der Waals surface area (Å²) in [5.41, 5.74) is 0.755. The minimum absolute atomic E-state index is 0.102. The van der Waals surface area contributed by atoms with Crippen LogP contribution in [-0.2, 0) is 4.74 Å². The van der Waals surface area contributed by atoms with E-state index in [0.29, 0.717) is 17.0 Å². The van der Waals surface area contributed by atoms with E-state index in [4.69, 9.17) is 4.74 Å². The highest BCUT2D eigenvalue weighted by molar-refractivity contribution is 6.05. The van der Waals surface area contributed by atoms with Crippen LogP contribution in [-0.4, -0.2) is 37.0 Å². The van der Waals surface area contributed by atoms with Gasteiger partial charge in [0.15, 0.2) is 0 Å². The molecule has 1 fully saturated rings. The zero-order valence-electron chi connectivity index (χ0n) is 13.0. The molecule has 1 aliphatic carbocycles. The minimum atomic E-state index is -0.468. The van der Waals surface area contributed by atoms with Crippen molar-refractivity contribution < 1.29 is 14.3 Å². The summed E-state index contributed by atoms with van der Waals surface area (Å²) in [6, 6.07) is 7.09. The summed E-state index contributed by atoms with van der Waals surface area (Å²) in [5, 5.41) is 0. The van der Waals surface area contributed by atoms with Gasteiger partial charge in [0.05, 0.1) is 18.2 Å². The summed E-state index contributed by atoms with van der Waals surface area (Å²) in [6.45, 7) is 2.19. The maximum atomic E-state index is 12.7. The molecule has 0 N–H and O–H groups in total. The lowest BCUT2D eigenvalue weighted by atomic mass is 9.85. The Hall–Kier alpha value is -1.84. The van der Waals surface area contributed by atoms with Crippen molar-refractivity contribution in [1.29, 1.82) is 0 Å². The Bertz CT molecular complexity index is 527. The van der Waals surface area contributed by atoms with Crippen LogP contribution in [0.1, 0.15) is 53.3 Å². The summed E-state index contributed by atoms with van der Waals surface area (Å²) in [5.74, 6) is -0.0724. The third kappa shape index (κ3) is 3.26. The Morgan fingerprint density at radius 2 is 1.76 bits per heavy atom. The van der Waals surface area contributed by atoms with Crippen molar-refractivity contribution in [2.45, 2.75) is 38.6 Å². The van der Waals surface area contributed by atoms with Crippen LogP contribution in [0.4, 0.5) is 0 Å². The maximum Gasteiger partial charge on any atom is 0.338 e. The van der Waals surface area contributed by atoms with Crippen LogP contribution in [0.25, 0.3) is 0 Å². The first-order chi connectivity index (χ1) is 10.1. The number of carbonyl (C=O) groups is 2. The maximum absolute atomic E-state index is 12.7. The molecule has 2 unspecified atom stereocenters. The number of benzene rings is 1. The normalized spacial score (nSPS) is 21.7. The Labute approximate surface area is 126 Å². The number of esters is 1. The predicted octanol–water partition coefficient (Wildman–Crippen LogP) is 3.12. The number of hydrogen-bond acceptors (Lipinski definition) is 3. The Balaban J connectivity index is 2.25. The summed E-state index contributed by atoms with van der Waals surface area (Å²) in [6.07, 6.45) is 4.58. The van der Waals surface area contributed by atoms with Gasteiger partial charge in [-0.1, -0.05) is 31.9 Å². The highest BCUT2D eigenvalue weighted by atomic mass is 16.5. The van der Waals surface area contributed by atoms with Crippen LogP contribution in [0.2, 0.25) is 0 Å². The lowest BCUT2D eigenvalue weighted by Crippen LogP contribution is -2.43. The van der Waals surface area contributed by atoms with E-state index in [-0.39, 0.29) is 11.9 Å². The van der Waals surface area contributed by atoms with Gasteiger partial charge in [-0.05, 0) is 30.9 Å². The predicted molar refractivity (Wildman–Crippen MR) is 81.3 cm³/mol. The first-order valence-electron chi connectivity index (χ1n) is 7.50. The fourth-order valence-corrected chi connectivity index (χ4v) is 3.17. The van der Waals surface area contributed by atoms with E-state index in [1.807, 2.05) is 7.05 Å². The van der Waals surface area contributed by atoms with Crippen LogP contribution < -0.4 is 0 Å². The van der Waals surface area contributed by atoms with Gasteiger partial charge >= 0.3 is 5.97 Å². The van der Waals surface area contributed by atoms with E-state index in [1.165, 1.54) is 13.5 Å². The largest absolute Gasteiger partial charge is 0.465 e. The number of ether oxygens (including phenoxy) is 1. The average Bonchev–Trinajstić information content (AvgIpc) is 2.53. The number of methoxy groups -OCH3 is 1.